The molecule has 0 aliphatic heterocycles. The summed E-state index contributed by atoms with van der Waals surface area (Å²) in [5.41, 5.74) is 3.58. The van der Waals surface area contributed by atoms with Crippen LogP contribution in [0.3, 0.4) is 0 Å². The van der Waals surface area contributed by atoms with E-state index >= 15 is 0 Å². The molecule has 0 radical (unpaired) electrons. The largest absolute Gasteiger partial charge is 0.355 e. The lowest BCUT2D eigenvalue weighted by Crippen LogP contribution is -2.53. The molecule has 1 N–H and O–H groups in total. The van der Waals surface area contributed by atoms with Gasteiger partial charge in [0.05, 0.1) is 15.6 Å². The standard InChI is InChI=1S/C34H35Cl2N3O4S/c1-4-37-34(41)32(20-26-10-6-5-7-11-26)38(22-27-12-8-9-25(3)19-27)33(40)23-39(31-21-28(35)15-18-30(31)36)44(42,43)29-16-13-24(2)14-17-29/h5-19,21,32H,4,20,22-23H2,1-3H3,(H,37,41)/t32-/m0/s1. The Morgan fingerprint density at radius 1 is 0.818 bits per heavy atom. The van der Waals surface area contributed by atoms with E-state index in [0.29, 0.717) is 6.54 Å². The van der Waals surface area contributed by atoms with Gasteiger partial charge < -0.3 is 10.2 Å². The molecule has 0 bridgehead atoms. The van der Waals surface area contributed by atoms with Crippen LogP contribution in [0.5, 0.6) is 0 Å². The predicted octanol–water partition coefficient (Wildman–Crippen LogP) is 6.58. The topological polar surface area (TPSA) is 86.8 Å². The summed E-state index contributed by atoms with van der Waals surface area (Å²) in [7, 11) is -4.29. The molecule has 4 aromatic carbocycles. The summed E-state index contributed by atoms with van der Waals surface area (Å²) in [4.78, 5) is 29.5. The molecule has 44 heavy (non-hydrogen) atoms. The molecule has 1 atom stereocenters. The lowest BCUT2D eigenvalue weighted by atomic mass is 10.0. The van der Waals surface area contributed by atoms with E-state index in [9.17, 15) is 18.0 Å². The summed E-state index contributed by atoms with van der Waals surface area (Å²) in [6.07, 6.45) is 0.229. The fourth-order valence-electron chi connectivity index (χ4n) is 4.88. The van der Waals surface area contributed by atoms with Gasteiger partial charge in [-0.05, 0) is 62.2 Å². The highest BCUT2D eigenvalue weighted by Crippen LogP contribution is 2.33. The van der Waals surface area contributed by atoms with E-state index in [4.69, 9.17) is 23.2 Å². The number of aryl methyl sites for hydroxylation is 2. The molecule has 0 aromatic heterocycles. The van der Waals surface area contributed by atoms with Gasteiger partial charge in [0.1, 0.15) is 12.6 Å². The summed E-state index contributed by atoms with van der Waals surface area (Å²) >= 11 is 12.8. The van der Waals surface area contributed by atoms with Gasteiger partial charge >= 0.3 is 0 Å². The minimum atomic E-state index is -4.29. The molecule has 0 aliphatic carbocycles. The van der Waals surface area contributed by atoms with Crippen LogP contribution in [0.15, 0.2) is 102 Å². The van der Waals surface area contributed by atoms with Crippen molar-refractivity contribution in [2.75, 3.05) is 17.4 Å². The number of carbonyl (C=O) groups is 2. The smallest absolute Gasteiger partial charge is 0.264 e. The Labute approximate surface area is 269 Å². The van der Waals surface area contributed by atoms with E-state index in [-0.39, 0.29) is 39.5 Å². The molecule has 0 fully saturated rings. The molecule has 0 heterocycles. The summed E-state index contributed by atoms with van der Waals surface area (Å²) in [5, 5.41) is 3.21. The van der Waals surface area contributed by atoms with Crippen molar-refractivity contribution in [3.05, 3.63) is 129 Å². The van der Waals surface area contributed by atoms with Gasteiger partial charge in [-0.25, -0.2) is 8.42 Å². The first-order chi connectivity index (χ1) is 21.0. The van der Waals surface area contributed by atoms with E-state index in [0.717, 1.165) is 26.6 Å². The zero-order valence-corrected chi connectivity index (χ0v) is 27.2. The SMILES string of the molecule is CCNC(=O)[C@H](Cc1ccccc1)N(Cc1cccc(C)c1)C(=O)CN(c1cc(Cl)ccc1Cl)S(=O)(=O)c1ccc(C)cc1. The Hall–Kier alpha value is -3.85. The normalized spacial score (nSPS) is 11.9. The molecule has 0 aliphatic rings. The third-order valence-electron chi connectivity index (χ3n) is 7.12. The Balaban J connectivity index is 1.83. The summed E-state index contributed by atoms with van der Waals surface area (Å²) in [6.45, 7) is 5.42. The fourth-order valence-corrected chi connectivity index (χ4v) is 6.74. The number of hydrogen-bond acceptors (Lipinski definition) is 4. The van der Waals surface area contributed by atoms with Crippen LogP contribution < -0.4 is 9.62 Å². The van der Waals surface area contributed by atoms with E-state index in [1.807, 2.05) is 68.4 Å². The van der Waals surface area contributed by atoms with Crippen LogP contribution in [0.1, 0.15) is 29.2 Å². The average molecular weight is 653 g/mol. The van der Waals surface area contributed by atoms with Crippen LogP contribution in [0, 0.1) is 13.8 Å². The Morgan fingerprint density at radius 2 is 1.50 bits per heavy atom. The lowest BCUT2D eigenvalue weighted by Gasteiger charge is -2.34. The Bertz CT molecular complexity index is 1710. The van der Waals surface area contributed by atoms with Crippen molar-refractivity contribution in [2.45, 2.75) is 44.7 Å². The first kappa shape index (κ1) is 33.1. The van der Waals surface area contributed by atoms with Gasteiger partial charge in [0, 0.05) is 24.5 Å². The summed E-state index contributed by atoms with van der Waals surface area (Å²) in [5.74, 6) is -0.920. The first-order valence-electron chi connectivity index (χ1n) is 14.2. The Kier molecular flexibility index (Phi) is 11.1. The number of anilines is 1. The first-order valence-corrected chi connectivity index (χ1v) is 16.4. The van der Waals surface area contributed by atoms with Crippen molar-refractivity contribution in [1.82, 2.24) is 10.2 Å². The highest BCUT2D eigenvalue weighted by molar-refractivity contribution is 7.92. The number of carbonyl (C=O) groups excluding carboxylic acids is 2. The number of hydrogen-bond donors (Lipinski definition) is 1. The zero-order chi connectivity index (χ0) is 31.9. The van der Waals surface area contributed by atoms with E-state index in [1.54, 1.807) is 25.1 Å². The van der Waals surface area contributed by atoms with Gasteiger partial charge in [-0.1, -0.05) is 101 Å². The molecule has 10 heteroatoms. The van der Waals surface area contributed by atoms with E-state index in [1.165, 1.54) is 29.2 Å². The average Bonchev–Trinajstić information content (AvgIpc) is 2.99. The highest BCUT2D eigenvalue weighted by atomic mass is 35.5. The molecule has 4 rings (SSSR count). The molecular weight excluding hydrogens is 617 g/mol. The van der Waals surface area contributed by atoms with Gasteiger partial charge in [0.25, 0.3) is 10.0 Å². The van der Waals surface area contributed by atoms with Crippen molar-refractivity contribution >= 4 is 50.7 Å². The minimum absolute atomic E-state index is 0.0123. The number of benzene rings is 4. The van der Waals surface area contributed by atoms with Crippen LogP contribution in [-0.2, 0) is 32.6 Å². The zero-order valence-electron chi connectivity index (χ0n) is 24.8. The van der Waals surface area contributed by atoms with Crippen molar-refractivity contribution in [3.63, 3.8) is 0 Å². The Morgan fingerprint density at radius 3 is 2.16 bits per heavy atom. The van der Waals surface area contributed by atoms with Crippen LogP contribution in [0.4, 0.5) is 5.69 Å². The highest BCUT2D eigenvalue weighted by Gasteiger charge is 2.35. The van der Waals surface area contributed by atoms with Crippen LogP contribution in [-0.4, -0.2) is 44.3 Å². The number of nitrogens with zero attached hydrogens (tertiary/aromatic N) is 2. The van der Waals surface area contributed by atoms with Crippen molar-refractivity contribution in [2.24, 2.45) is 0 Å². The van der Waals surface area contributed by atoms with Crippen LogP contribution in [0.25, 0.3) is 0 Å². The van der Waals surface area contributed by atoms with Gasteiger partial charge in [0.15, 0.2) is 0 Å². The van der Waals surface area contributed by atoms with E-state index in [2.05, 4.69) is 5.32 Å². The quantitative estimate of drug-likeness (QED) is 0.187. The number of likely N-dealkylation sites (N-methyl/N-ethyl adjacent to an activating group) is 1. The minimum Gasteiger partial charge on any atom is -0.355 e. The molecule has 0 spiro atoms. The van der Waals surface area contributed by atoms with Gasteiger partial charge in [-0.15, -0.1) is 0 Å². The maximum absolute atomic E-state index is 14.4. The molecule has 2 amide bonds. The lowest BCUT2D eigenvalue weighted by molar-refractivity contribution is -0.140. The number of halogens is 2. The molecule has 0 saturated carbocycles. The number of nitrogens with one attached hydrogen (secondary N) is 1. The summed E-state index contributed by atoms with van der Waals surface area (Å²) in [6, 6.07) is 26.9. The van der Waals surface area contributed by atoms with Crippen LogP contribution in [0.2, 0.25) is 10.0 Å². The number of amides is 2. The van der Waals surface area contributed by atoms with Gasteiger partial charge in [-0.3, -0.25) is 13.9 Å². The van der Waals surface area contributed by atoms with Crippen molar-refractivity contribution in [1.29, 1.82) is 0 Å². The molecule has 4 aromatic rings. The monoisotopic (exact) mass is 651 g/mol. The fraction of sp³-hybridized carbons (Fsp3) is 0.235. The molecule has 7 nitrogen and oxygen atoms in total. The molecule has 230 valence electrons. The third kappa shape index (κ3) is 8.20. The number of sulfonamides is 1. The van der Waals surface area contributed by atoms with Crippen molar-refractivity contribution < 1.29 is 18.0 Å². The third-order valence-corrected chi connectivity index (χ3v) is 9.45. The molecule has 0 unspecified atom stereocenters. The molecule has 0 saturated heterocycles. The number of rotatable bonds is 12. The van der Waals surface area contributed by atoms with E-state index < -0.39 is 28.5 Å². The maximum Gasteiger partial charge on any atom is 0.264 e. The second-order valence-electron chi connectivity index (χ2n) is 10.5. The van der Waals surface area contributed by atoms with Gasteiger partial charge in [-0.2, -0.15) is 0 Å². The van der Waals surface area contributed by atoms with Crippen LogP contribution >= 0.6 is 23.2 Å². The second kappa shape index (κ2) is 14.8. The summed E-state index contributed by atoms with van der Waals surface area (Å²) < 4.78 is 29.2. The molecular formula is C34H35Cl2N3O4S. The van der Waals surface area contributed by atoms with Gasteiger partial charge in [0.2, 0.25) is 11.8 Å². The van der Waals surface area contributed by atoms with Crippen molar-refractivity contribution in [3.8, 4) is 0 Å². The maximum atomic E-state index is 14.4. The predicted molar refractivity (Wildman–Crippen MR) is 177 cm³/mol. The second-order valence-corrected chi connectivity index (χ2v) is 13.2.